The SMILES string of the molecule is Cc1cc(=O)n(-c2ccccc2)c(SCC(=O)Nc2ccccc2C(F)(F)F)n1. The number of anilines is 1. The van der Waals surface area contributed by atoms with Crippen LogP contribution in [0.3, 0.4) is 0 Å². The number of alkyl halides is 3. The second-order valence-corrected chi connectivity index (χ2v) is 7.01. The minimum Gasteiger partial charge on any atom is -0.325 e. The highest BCUT2D eigenvalue weighted by molar-refractivity contribution is 7.99. The quantitative estimate of drug-likeness (QED) is 0.495. The molecule has 0 fully saturated rings. The van der Waals surface area contributed by atoms with Crippen LogP contribution in [0.1, 0.15) is 11.3 Å². The molecule has 0 aliphatic rings. The molecule has 150 valence electrons. The fourth-order valence-electron chi connectivity index (χ4n) is 2.64. The van der Waals surface area contributed by atoms with E-state index in [1.54, 1.807) is 37.3 Å². The summed E-state index contributed by atoms with van der Waals surface area (Å²) in [4.78, 5) is 29.0. The van der Waals surface area contributed by atoms with Crippen molar-refractivity contribution in [2.75, 3.05) is 11.1 Å². The highest BCUT2D eigenvalue weighted by atomic mass is 32.2. The maximum Gasteiger partial charge on any atom is 0.418 e. The van der Waals surface area contributed by atoms with Gasteiger partial charge in [-0.1, -0.05) is 42.1 Å². The molecule has 0 saturated heterocycles. The van der Waals surface area contributed by atoms with Crippen LogP contribution < -0.4 is 10.9 Å². The Bertz CT molecular complexity index is 1080. The number of rotatable bonds is 5. The van der Waals surface area contributed by atoms with E-state index in [1.165, 1.54) is 28.8 Å². The van der Waals surface area contributed by atoms with Crippen molar-refractivity contribution in [2.24, 2.45) is 0 Å². The maximum absolute atomic E-state index is 13.1. The monoisotopic (exact) mass is 419 g/mol. The van der Waals surface area contributed by atoms with Crippen LogP contribution in [0.25, 0.3) is 5.69 Å². The third kappa shape index (κ3) is 5.05. The number of nitrogens with zero attached hydrogens (tertiary/aromatic N) is 2. The minimum absolute atomic E-state index is 0.213. The third-order valence-electron chi connectivity index (χ3n) is 3.87. The molecule has 0 aliphatic carbocycles. The summed E-state index contributed by atoms with van der Waals surface area (Å²) in [5.74, 6) is -0.850. The van der Waals surface area contributed by atoms with E-state index in [9.17, 15) is 22.8 Å². The Morgan fingerprint density at radius 3 is 2.45 bits per heavy atom. The topological polar surface area (TPSA) is 64.0 Å². The minimum atomic E-state index is -4.58. The first-order valence-corrected chi connectivity index (χ1v) is 9.49. The smallest absolute Gasteiger partial charge is 0.325 e. The first-order chi connectivity index (χ1) is 13.8. The highest BCUT2D eigenvalue weighted by Crippen LogP contribution is 2.34. The maximum atomic E-state index is 13.1. The van der Waals surface area contributed by atoms with Gasteiger partial charge in [-0.05, 0) is 31.2 Å². The zero-order chi connectivity index (χ0) is 21.0. The van der Waals surface area contributed by atoms with Crippen LogP contribution in [-0.2, 0) is 11.0 Å². The molecule has 3 aromatic rings. The fraction of sp³-hybridized carbons (Fsp3) is 0.150. The molecule has 0 aliphatic heterocycles. The largest absolute Gasteiger partial charge is 0.418 e. The third-order valence-corrected chi connectivity index (χ3v) is 4.81. The average molecular weight is 419 g/mol. The second kappa shape index (κ2) is 8.52. The lowest BCUT2D eigenvalue weighted by Gasteiger charge is -2.14. The molecule has 5 nitrogen and oxygen atoms in total. The molecule has 0 bridgehead atoms. The average Bonchev–Trinajstić information content (AvgIpc) is 2.66. The lowest BCUT2D eigenvalue weighted by molar-refractivity contribution is -0.137. The van der Waals surface area contributed by atoms with Crippen molar-refractivity contribution in [3.8, 4) is 5.69 Å². The Labute approximate surface area is 168 Å². The van der Waals surface area contributed by atoms with Gasteiger partial charge in [-0.25, -0.2) is 4.98 Å². The summed E-state index contributed by atoms with van der Waals surface area (Å²) in [5, 5.41) is 2.56. The van der Waals surface area contributed by atoms with E-state index in [0.29, 0.717) is 11.4 Å². The van der Waals surface area contributed by atoms with E-state index in [2.05, 4.69) is 10.3 Å². The standard InChI is InChI=1S/C20H16F3N3O2S/c1-13-11-18(28)26(14-7-3-2-4-8-14)19(24-13)29-12-17(27)25-16-10-6-5-9-15(16)20(21,22)23/h2-11H,12H2,1H3,(H,25,27). The molecule has 0 unspecified atom stereocenters. The van der Waals surface area contributed by atoms with E-state index < -0.39 is 17.6 Å². The van der Waals surface area contributed by atoms with Crippen molar-refractivity contribution in [1.29, 1.82) is 0 Å². The molecule has 0 atom stereocenters. The van der Waals surface area contributed by atoms with E-state index in [0.717, 1.165) is 17.8 Å². The van der Waals surface area contributed by atoms with Crippen molar-refractivity contribution in [3.05, 3.63) is 82.3 Å². The molecule has 2 aromatic carbocycles. The molecule has 0 radical (unpaired) electrons. The first-order valence-electron chi connectivity index (χ1n) is 8.50. The van der Waals surface area contributed by atoms with Gasteiger partial charge < -0.3 is 5.32 Å². The van der Waals surface area contributed by atoms with Crippen molar-refractivity contribution < 1.29 is 18.0 Å². The van der Waals surface area contributed by atoms with Crippen LogP contribution >= 0.6 is 11.8 Å². The lowest BCUT2D eigenvalue weighted by Crippen LogP contribution is -2.23. The summed E-state index contributed by atoms with van der Waals surface area (Å²) < 4.78 is 40.6. The predicted molar refractivity (Wildman–Crippen MR) is 105 cm³/mol. The number of benzene rings is 2. The number of nitrogens with one attached hydrogen (secondary N) is 1. The molecule has 0 saturated carbocycles. The van der Waals surface area contributed by atoms with E-state index >= 15 is 0 Å². The summed E-state index contributed by atoms with van der Waals surface area (Å²) in [6, 6.07) is 14.9. The Morgan fingerprint density at radius 2 is 1.76 bits per heavy atom. The van der Waals surface area contributed by atoms with E-state index in [4.69, 9.17) is 0 Å². The number of aromatic nitrogens is 2. The number of carbonyl (C=O) groups is 1. The highest BCUT2D eigenvalue weighted by Gasteiger charge is 2.33. The van der Waals surface area contributed by atoms with Gasteiger partial charge in [0.15, 0.2) is 5.16 Å². The molecular formula is C20H16F3N3O2S. The normalized spacial score (nSPS) is 11.3. The number of hydrogen-bond acceptors (Lipinski definition) is 4. The van der Waals surface area contributed by atoms with Gasteiger partial charge in [0, 0.05) is 11.8 Å². The summed E-state index contributed by atoms with van der Waals surface area (Å²) in [7, 11) is 0. The molecule has 0 spiro atoms. The molecule has 1 heterocycles. The van der Waals surface area contributed by atoms with E-state index in [-0.39, 0.29) is 22.2 Å². The fourth-order valence-corrected chi connectivity index (χ4v) is 3.50. The zero-order valence-electron chi connectivity index (χ0n) is 15.2. The molecule has 3 rings (SSSR count). The van der Waals surface area contributed by atoms with Crippen molar-refractivity contribution in [3.63, 3.8) is 0 Å². The molecule has 1 N–H and O–H groups in total. The Balaban J connectivity index is 1.81. The van der Waals surface area contributed by atoms with Gasteiger partial charge in [-0.15, -0.1) is 0 Å². The number of aryl methyl sites for hydroxylation is 1. The van der Waals surface area contributed by atoms with Gasteiger partial charge in [0.1, 0.15) is 0 Å². The second-order valence-electron chi connectivity index (χ2n) is 6.07. The number of carbonyl (C=O) groups excluding carboxylic acids is 1. The number of para-hydroxylation sites is 2. The summed E-state index contributed by atoms with van der Waals surface area (Å²) >= 11 is 0.969. The van der Waals surface area contributed by atoms with Crippen molar-refractivity contribution >= 4 is 23.4 Å². The van der Waals surface area contributed by atoms with Gasteiger partial charge in [0.05, 0.1) is 22.7 Å². The van der Waals surface area contributed by atoms with Crippen molar-refractivity contribution in [1.82, 2.24) is 9.55 Å². The Morgan fingerprint density at radius 1 is 1.10 bits per heavy atom. The summed E-state index contributed by atoms with van der Waals surface area (Å²) in [6.07, 6.45) is -4.58. The summed E-state index contributed by atoms with van der Waals surface area (Å²) in [5.41, 5.74) is -0.492. The van der Waals surface area contributed by atoms with Crippen LogP contribution in [0.15, 0.2) is 70.6 Å². The lowest BCUT2D eigenvalue weighted by atomic mass is 10.1. The van der Waals surface area contributed by atoms with Gasteiger partial charge in [0.25, 0.3) is 5.56 Å². The number of amides is 1. The number of thioether (sulfide) groups is 1. The number of hydrogen-bond donors (Lipinski definition) is 1. The van der Waals surface area contributed by atoms with Gasteiger partial charge >= 0.3 is 6.18 Å². The van der Waals surface area contributed by atoms with Crippen LogP contribution in [-0.4, -0.2) is 21.2 Å². The van der Waals surface area contributed by atoms with Gasteiger partial charge in [-0.2, -0.15) is 13.2 Å². The molecule has 1 aromatic heterocycles. The van der Waals surface area contributed by atoms with Crippen LogP contribution in [0.5, 0.6) is 0 Å². The Hall–Kier alpha value is -3.07. The van der Waals surface area contributed by atoms with Crippen LogP contribution in [0, 0.1) is 6.92 Å². The van der Waals surface area contributed by atoms with Crippen molar-refractivity contribution in [2.45, 2.75) is 18.3 Å². The van der Waals surface area contributed by atoms with Gasteiger partial charge in [0.2, 0.25) is 5.91 Å². The molecular weight excluding hydrogens is 403 g/mol. The predicted octanol–water partition coefficient (Wildman–Crippen LogP) is 4.29. The summed E-state index contributed by atoms with van der Waals surface area (Å²) in [6.45, 7) is 1.65. The number of halogens is 3. The van der Waals surface area contributed by atoms with Crippen LogP contribution in [0.4, 0.5) is 18.9 Å². The van der Waals surface area contributed by atoms with Gasteiger partial charge in [-0.3, -0.25) is 14.2 Å². The Kier molecular flexibility index (Phi) is 6.07. The molecule has 1 amide bonds. The zero-order valence-corrected chi connectivity index (χ0v) is 16.1. The first kappa shape index (κ1) is 20.7. The molecule has 29 heavy (non-hydrogen) atoms. The molecule has 9 heteroatoms. The van der Waals surface area contributed by atoms with Crippen LogP contribution in [0.2, 0.25) is 0 Å². The van der Waals surface area contributed by atoms with E-state index in [1.807, 2.05) is 0 Å².